The quantitative estimate of drug-likeness (QED) is 0.932. The van der Waals surface area contributed by atoms with Crippen LogP contribution in [0.1, 0.15) is 15.9 Å². The molecule has 0 saturated carbocycles. The molecule has 0 radical (unpaired) electrons. The lowest BCUT2D eigenvalue weighted by molar-refractivity contribution is 0.0691. The molecule has 2 rings (SSSR count). The lowest BCUT2D eigenvalue weighted by atomic mass is 10.1. The summed E-state index contributed by atoms with van der Waals surface area (Å²) in [6.07, 6.45) is 0. The lowest BCUT2D eigenvalue weighted by Gasteiger charge is -2.19. The molecule has 0 aliphatic heterocycles. The first-order valence-electron chi connectivity index (χ1n) is 5.96. The van der Waals surface area contributed by atoms with Gasteiger partial charge >= 0.3 is 5.97 Å². The first-order valence-corrected chi connectivity index (χ1v) is 5.96. The third kappa shape index (κ3) is 3.12. The Hall–Kier alpha value is -2.43. The first-order chi connectivity index (χ1) is 9.47. The van der Waals surface area contributed by atoms with Crippen LogP contribution in [0, 0.1) is 11.6 Å². The van der Waals surface area contributed by atoms with Crippen LogP contribution in [0.5, 0.6) is 0 Å². The Labute approximate surface area is 115 Å². The third-order valence-corrected chi connectivity index (χ3v) is 2.95. The molecule has 5 heteroatoms. The van der Waals surface area contributed by atoms with Crippen molar-refractivity contribution in [2.45, 2.75) is 6.54 Å². The number of nitrogens with zero attached hydrogens (tertiary/aromatic N) is 1. The Morgan fingerprint density at radius 1 is 1.15 bits per heavy atom. The Bertz CT molecular complexity index is 626. The van der Waals surface area contributed by atoms with E-state index in [9.17, 15) is 13.6 Å². The van der Waals surface area contributed by atoms with E-state index in [0.29, 0.717) is 12.1 Å². The molecule has 0 bridgehead atoms. The number of aromatic carboxylic acids is 1. The average molecular weight is 277 g/mol. The molecule has 0 spiro atoms. The van der Waals surface area contributed by atoms with Gasteiger partial charge in [0.1, 0.15) is 11.6 Å². The number of carboxylic acid groups (broad SMARTS) is 1. The van der Waals surface area contributed by atoms with E-state index in [1.165, 1.54) is 24.3 Å². The van der Waals surface area contributed by atoms with E-state index in [2.05, 4.69) is 0 Å². The van der Waals surface area contributed by atoms with Crippen molar-refractivity contribution in [1.29, 1.82) is 0 Å². The van der Waals surface area contributed by atoms with Gasteiger partial charge in [-0.3, -0.25) is 0 Å². The molecule has 0 unspecified atom stereocenters. The standard InChI is InChI=1S/C15H13F2NO2/c1-18(12-5-3-11(16)4-6-12)9-10-2-7-14(17)13(8-10)15(19)20/h2-8H,9H2,1H3,(H,19,20). The van der Waals surface area contributed by atoms with E-state index < -0.39 is 11.8 Å². The first kappa shape index (κ1) is 14.0. The van der Waals surface area contributed by atoms with Crippen molar-refractivity contribution < 1.29 is 18.7 Å². The number of benzene rings is 2. The highest BCUT2D eigenvalue weighted by atomic mass is 19.1. The lowest BCUT2D eigenvalue weighted by Crippen LogP contribution is -2.16. The van der Waals surface area contributed by atoms with Crippen molar-refractivity contribution in [3.63, 3.8) is 0 Å². The van der Waals surface area contributed by atoms with E-state index in [0.717, 1.165) is 11.8 Å². The summed E-state index contributed by atoms with van der Waals surface area (Å²) in [7, 11) is 1.79. The molecular formula is C15H13F2NO2. The molecule has 3 nitrogen and oxygen atoms in total. The molecular weight excluding hydrogens is 264 g/mol. The third-order valence-electron chi connectivity index (χ3n) is 2.95. The zero-order valence-electron chi connectivity index (χ0n) is 10.8. The Balaban J connectivity index is 2.19. The molecule has 20 heavy (non-hydrogen) atoms. The Morgan fingerprint density at radius 3 is 2.40 bits per heavy atom. The summed E-state index contributed by atoms with van der Waals surface area (Å²) in [6, 6.07) is 9.91. The topological polar surface area (TPSA) is 40.5 Å². The molecule has 0 aliphatic carbocycles. The van der Waals surface area contributed by atoms with Crippen molar-refractivity contribution in [3.8, 4) is 0 Å². The summed E-state index contributed by atoms with van der Waals surface area (Å²) >= 11 is 0. The fourth-order valence-corrected chi connectivity index (χ4v) is 1.90. The number of carbonyl (C=O) groups is 1. The van der Waals surface area contributed by atoms with Gasteiger partial charge in [0.05, 0.1) is 5.56 Å². The molecule has 2 aromatic carbocycles. The van der Waals surface area contributed by atoms with Gasteiger partial charge in [-0.2, -0.15) is 0 Å². The highest BCUT2D eigenvalue weighted by Gasteiger charge is 2.11. The van der Waals surface area contributed by atoms with Crippen LogP contribution in [0.4, 0.5) is 14.5 Å². The van der Waals surface area contributed by atoms with Crippen molar-refractivity contribution in [2.75, 3.05) is 11.9 Å². The number of hydrogen-bond donors (Lipinski definition) is 1. The summed E-state index contributed by atoms with van der Waals surface area (Å²) in [5, 5.41) is 8.88. The molecule has 2 aromatic rings. The SMILES string of the molecule is CN(Cc1ccc(F)c(C(=O)O)c1)c1ccc(F)cc1. The molecule has 0 heterocycles. The van der Waals surface area contributed by atoms with Gasteiger partial charge in [0.25, 0.3) is 0 Å². The smallest absolute Gasteiger partial charge is 0.338 e. The molecule has 1 N–H and O–H groups in total. The van der Waals surface area contributed by atoms with Crippen molar-refractivity contribution in [2.24, 2.45) is 0 Å². The number of anilines is 1. The fraction of sp³-hybridized carbons (Fsp3) is 0.133. The van der Waals surface area contributed by atoms with Crippen LogP contribution in [0.3, 0.4) is 0 Å². The summed E-state index contributed by atoms with van der Waals surface area (Å²) in [4.78, 5) is 12.7. The number of hydrogen-bond acceptors (Lipinski definition) is 2. The van der Waals surface area contributed by atoms with Crippen LogP contribution in [0.2, 0.25) is 0 Å². The minimum absolute atomic E-state index is 0.322. The van der Waals surface area contributed by atoms with Gasteiger partial charge < -0.3 is 10.0 Å². The summed E-state index contributed by atoms with van der Waals surface area (Å²) in [5.41, 5.74) is 1.10. The van der Waals surface area contributed by atoms with Crippen LogP contribution < -0.4 is 4.90 Å². The van der Waals surface area contributed by atoms with Gasteiger partial charge in [0, 0.05) is 19.3 Å². The molecule has 0 aliphatic rings. The minimum atomic E-state index is -1.30. The van der Waals surface area contributed by atoms with Crippen LogP contribution >= 0.6 is 0 Å². The maximum atomic E-state index is 13.3. The van der Waals surface area contributed by atoms with Crippen molar-refractivity contribution >= 4 is 11.7 Å². The van der Waals surface area contributed by atoms with Crippen LogP contribution in [-0.2, 0) is 6.54 Å². The van der Waals surface area contributed by atoms with E-state index in [-0.39, 0.29) is 11.4 Å². The van der Waals surface area contributed by atoms with Gasteiger partial charge in [0.15, 0.2) is 0 Å². The summed E-state index contributed by atoms with van der Waals surface area (Å²) < 4.78 is 26.1. The monoisotopic (exact) mass is 277 g/mol. The molecule has 0 atom stereocenters. The van der Waals surface area contributed by atoms with Crippen LogP contribution in [0.25, 0.3) is 0 Å². The van der Waals surface area contributed by atoms with Crippen molar-refractivity contribution in [3.05, 3.63) is 65.2 Å². The van der Waals surface area contributed by atoms with Crippen LogP contribution in [-0.4, -0.2) is 18.1 Å². The van der Waals surface area contributed by atoms with Gasteiger partial charge in [0.2, 0.25) is 0 Å². The highest BCUT2D eigenvalue weighted by molar-refractivity contribution is 5.88. The predicted molar refractivity (Wildman–Crippen MR) is 71.9 cm³/mol. The van der Waals surface area contributed by atoms with Gasteiger partial charge in [-0.1, -0.05) is 6.07 Å². The Kier molecular flexibility index (Phi) is 3.98. The largest absolute Gasteiger partial charge is 0.478 e. The second-order valence-corrected chi connectivity index (χ2v) is 4.45. The maximum absolute atomic E-state index is 13.3. The minimum Gasteiger partial charge on any atom is -0.478 e. The Morgan fingerprint density at radius 2 is 1.80 bits per heavy atom. The van der Waals surface area contributed by atoms with E-state index in [1.54, 1.807) is 19.2 Å². The molecule has 0 fully saturated rings. The average Bonchev–Trinajstić information content (AvgIpc) is 2.41. The second kappa shape index (κ2) is 5.69. The predicted octanol–water partition coefficient (Wildman–Crippen LogP) is 3.30. The second-order valence-electron chi connectivity index (χ2n) is 4.45. The molecule has 0 aromatic heterocycles. The number of halogens is 2. The highest BCUT2D eigenvalue weighted by Crippen LogP contribution is 2.17. The zero-order chi connectivity index (χ0) is 14.7. The fourth-order valence-electron chi connectivity index (χ4n) is 1.90. The molecule has 0 amide bonds. The van der Waals surface area contributed by atoms with Crippen LogP contribution in [0.15, 0.2) is 42.5 Å². The normalized spacial score (nSPS) is 10.3. The van der Waals surface area contributed by atoms with Gasteiger partial charge in [-0.25, -0.2) is 13.6 Å². The van der Waals surface area contributed by atoms with E-state index in [4.69, 9.17) is 5.11 Å². The van der Waals surface area contributed by atoms with Gasteiger partial charge in [-0.05, 0) is 42.0 Å². The van der Waals surface area contributed by atoms with Crippen molar-refractivity contribution in [1.82, 2.24) is 0 Å². The van der Waals surface area contributed by atoms with E-state index in [1.807, 2.05) is 4.90 Å². The summed E-state index contributed by atoms with van der Waals surface area (Å²) in [5.74, 6) is -2.38. The number of carboxylic acids is 1. The summed E-state index contributed by atoms with van der Waals surface area (Å²) in [6.45, 7) is 0.395. The molecule has 104 valence electrons. The van der Waals surface area contributed by atoms with E-state index >= 15 is 0 Å². The molecule has 0 saturated heterocycles. The number of rotatable bonds is 4. The zero-order valence-corrected chi connectivity index (χ0v) is 10.8. The van der Waals surface area contributed by atoms with Gasteiger partial charge in [-0.15, -0.1) is 0 Å². The maximum Gasteiger partial charge on any atom is 0.338 e.